The molecule has 19 heavy (non-hydrogen) atoms. The van der Waals surface area contributed by atoms with Crippen molar-refractivity contribution in [3.63, 3.8) is 0 Å². The number of carbonyl (C=O) groups is 1. The van der Waals surface area contributed by atoms with Crippen LogP contribution in [0, 0.1) is 0 Å². The summed E-state index contributed by atoms with van der Waals surface area (Å²) in [6.45, 7) is 2.31. The molecule has 0 saturated heterocycles. The lowest BCUT2D eigenvalue weighted by Gasteiger charge is -2.16. The molecule has 2 aromatic rings. The topological polar surface area (TPSA) is 72.9 Å². The Kier molecular flexibility index (Phi) is 4.57. The third-order valence-corrected chi connectivity index (χ3v) is 3.75. The molecule has 102 valence electrons. The van der Waals surface area contributed by atoms with Gasteiger partial charge in [-0.25, -0.2) is 0 Å². The van der Waals surface area contributed by atoms with Gasteiger partial charge in [-0.15, -0.1) is 11.3 Å². The number of amides is 1. The SMILES string of the molecule is CCCC(NC(=O)Cn1ccc(N)n1)c1cccs1. The fraction of sp³-hybridized carbons (Fsp3) is 0.385. The van der Waals surface area contributed by atoms with Crippen LogP contribution in [0.4, 0.5) is 5.82 Å². The average molecular weight is 278 g/mol. The number of nitrogens with one attached hydrogen (secondary N) is 1. The minimum Gasteiger partial charge on any atom is -0.382 e. The Morgan fingerprint density at radius 3 is 3.00 bits per heavy atom. The Labute approximate surface area is 116 Å². The Hall–Kier alpha value is -1.82. The zero-order chi connectivity index (χ0) is 13.7. The van der Waals surface area contributed by atoms with Crippen molar-refractivity contribution < 1.29 is 4.79 Å². The molecule has 1 unspecified atom stereocenters. The van der Waals surface area contributed by atoms with E-state index < -0.39 is 0 Å². The molecule has 1 atom stereocenters. The molecule has 2 heterocycles. The van der Waals surface area contributed by atoms with Crippen LogP contribution in [0.1, 0.15) is 30.7 Å². The van der Waals surface area contributed by atoms with Crippen LogP contribution in [0.5, 0.6) is 0 Å². The van der Waals surface area contributed by atoms with Gasteiger partial charge < -0.3 is 11.1 Å². The second kappa shape index (κ2) is 6.38. The van der Waals surface area contributed by atoms with Crippen molar-refractivity contribution in [2.75, 3.05) is 5.73 Å². The van der Waals surface area contributed by atoms with Crippen LogP contribution in [0.15, 0.2) is 29.8 Å². The molecule has 0 aliphatic heterocycles. The van der Waals surface area contributed by atoms with E-state index in [9.17, 15) is 4.79 Å². The quantitative estimate of drug-likeness (QED) is 0.850. The van der Waals surface area contributed by atoms with Crippen LogP contribution in [0.3, 0.4) is 0 Å². The van der Waals surface area contributed by atoms with Crippen LogP contribution in [0.2, 0.25) is 0 Å². The van der Waals surface area contributed by atoms with Gasteiger partial charge in [0.15, 0.2) is 0 Å². The molecule has 0 bridgehead atoms. The molecule has 1 amide bonds. The van der Waals surface area contributed by atoms with E-state index in [0.29, 0.717) is 5.82 Å². The third-order valence-electron chi connectivity index (χ3n) is 2.77. The molecule has 0 saturated carbocycles. The minimum absolute atomic E-state index is 0.0463. The summed E-state index contributed by atoms with van der Waals surface area (Å²) in [6, 6.07) is 5.82. The average Bonchev–Trinajstić information content (AvgIpc) is 3.00. The number of carbonyl (C=O) groups excluding carboxylic acids is 1. The molecule has 2 aromatic heterocycles. The van der Waals surface area contributed by atoms with Gasteiger partial charge in [0.2, 0.25) is 5.91 Å². The molecule has 2 rings (SSSR count). The normalized spacial score (nSPS) is 12.3. The summed E-state index contributed by atoms with van der Waals surface area (Å²) < 4.78 is 1.54. The van der Waals surface area contributed by atoms with Gasteiger partial charge in [-0.1, -0.05) is 19.4 Å². The monoisotopic (exact) mass is 278 g/mol. The van der Waals surface area contributed by atoms with Crippen LogP contribution in [0.25, 0.3) is 0 Å². The Morgan fingerprint density at radius 2 is 2.42 bits per heavy atom. The first kappa shape index (κ1) is 13.6. The van der Waals surface area contributed by atoms with Gasteiger partial charge in [0.25, 0.3) is 0 Å². The van der Waals surface area contributed by atoms with Crippen molar-refractivity contribution in [3.05, 3.63) is 34.7 Å². The van der Waals surface area contributed by atoms with Crippen molar-refractivity contribution in [2.45, 2.75) is 32.4 Å². The summed E-state index contributed by atoms with van der Waals surface area (Å²) in [5.74, 6) is 0.381. The number of hydrogen-bond acceptors (Lipinski definition) is 4. The van der Waals surface area contributed by atoms with E-state index in [1.165, 1.54) is 4.88 Å². The van der Waals surface area contributed by atoms with Gasteiger partial charge in [0, 0.05) is 11.1 Å². The first-order valence-electron chi connectivity index (χ1n) is 6.30. The smallest absolute Gasteiger partial charge is 0.242 e. The van der Waals surface area contributed by atoms with Crippen LogP contribution in [-0.4, -0.2) is 15.7 Å². The van der Waals surface area contributed by atoms with Gasteiger partial charge >= 0.3 is 0 Å². The second-order valence-corrected chi connectivity index (χ2v) is 5.34. The predicted octanol–water partition coefficient (Wildman–Crippen LogP) is 2.18. The summed E-state index contributed by atoms with van der Waals surface area (Å²) in [5.41, 5.74) is 5.52. The molecular formula is C13H18N4OS. The molecule has 0 aliphatic carbocycles. The first-order chi connectivity index (χ1) is 9.19. The third kappa shape index (κ3) is 3.82. The van der Waals surface area contributed by atoms with Crippen molar-refractivity contribution in [1.29, 1.82) is 0 Å². The molecule has 0 aliphatic rings. The van der Waals surface area contributed by atoms with E-state index in [4.69, 9.17) is 5.73 Å². The molecule has 0 aromatic carbocycles. The van der Waals surface area contributed by atoms with Crippen molar-refractivity contribution >= 4 is 23.1 Å². The number of aromatic nitrogens is 2. The van der Waals surface area contributed by atoms with Crippen molar-refractivity contribution in [2.24, 2.45) is 0 Å². The molecule has 3 N–H and O–H groups in total. The fourth-order valence-corrected chi connectivity index (χ4v) is 2.73. The highest BCUT2D eigenvalue weighted by atomic mass is 32.1. The highest BCUT2D eigenvalue weighted by Gasteiger charge is 2.15. The van der Waals surface area contributed by atoms with Crippen LogP contribution in [-0.2, 0) is 11.3 Å². The first-order valence-corrected chi connectivity index (χ1v) is 7.18. The van der Waals surface area contributed by atoms with Crippen LogP contribution >= 0.6 is 11.3 Å². The number of thiophene rings is 1. The fourth-order valence-electron chi connectivity index (χ4n) is 1.92. The molecule has 0 radical (unpaired) electrons. The largest absolute Gasteiger partial charge is 0.382 e. The lowest BCUT2D eigenvalue weighted by molar-refractivity contribution is -0.122. The van der Waals surface area contributed by atoms with E-state index in [0.717, 1.165) is 12.8 Å². The van der Waals surface area contributed by atoms with Gasteiger partial charge in [0.1, 0.15) is 12.4 Å². The van der Waals surface area contributed by atoms with Gasteiger partial charge in [-0.3, -0.25) is 9.48 Å². The number of nitrogens with zero attached hydrogens (tertiary/aromatic N) is 2. The Bertz CT molecular complexity index is 520. The number of rotatable bonds is 6. The second-order valence-electron chi connectivity index (χ2n) is 4.36. The van der Waals surface area contributed by atoms with Crippen molar-refractivity contribution in [3.8, 4) is 0 Å². The summed E-state index contributed by atoms with van der Waals surface area (Å²) in [4.78, 5) is 13.2. The predicted molar refractivity (Wildman–Crippen MR) is 76.8 cm³/mol. The Balaban J connectivity index is 1.95. The molecular weight excluding hydrogens is 260 g/mol. The van der Waals surface area contributed by atoms with E-state index in [-0.39, 0.29) is 18.5 Å². The van der Waals surface area contributed by atoms with Gasteiger partial charge in [0.05, 0.1) is 6.04 Å². The Morgan fingerprint density at radius 1 is 1.58 bits per heavy atom. The lowest BCUT2D eigenvalue weighted by Crippen LogP contribution is -2.31. The summed E-state index contributed by atoms with van der Waals surface area (Å²) in [5, 5.41) is 9.08. The zero-order valence-electron chi connectivity index (χ0n) is 10.9. The zero-order valence-corrected chi connectivity index (χ0v) is 11.7. The number of anilines is 1. The highest BCUT2D eigenvalue weighted by molar-refractivity contribution is 7.10. The highest BCUT2D eigenvalue weighted by Crippen LogP contribution is 2.23. The van der Waals surface area contributed by atoms with Gasteiger partial charge in [-0.2, -0.15) is 5.10 Å². The number of nitrogens with two attached hydrogens (primary N) is 1. The lowest BCUT2D eigenvalue weighted by atomic mass is 10.1. The standard InChI is InChI=1S/C13H18N4OS/c1-2-4-10(11-5-3-8-19-11)15-13(18)9-17-7-6-12(14)16-17/h3,5-8,10H,2,4,9H2,1H3,(H2,14,16)(H,15,18). The van der Waals surface area contributed by atoms with E-state index in [1.54, 1.807) is 28.3 Å². The maximum absolute atomic E-state index is 12.0. The maximum Gasteiger partial charge on any atom is 0.242 e. The number of hydrogen-bond donors (Lipinski definition) is 2. The van der Waals surface area contributed by atoms with Gasteiger partial charge in [-0.05, 0) is 23.9 Å². The van der Waals surface area contributed by atoms with E-state index >= 15 is 0 Å². The molecule has 0 spiro atoms. The maximum atomic E-state index is 12.0. The summed E-state index contributed by atoms with van der Waals surface area (Å²) >= 11 is 1.67. The molecule has 0 fully saturated rings. The van der Waals surface area contributed by atoms with E-state index in [2.05, 4.69) is 23.4 Å². The molecule has 5 nitrogen and oxygen atoms in total. The number of nitrogen functional groups attached to an aromatic ring is 1. The van der Waals surface area contributed by atoms with Crippen LogP contribution < -0.4 is 11.1 Å². The van der Waals surface area contributed by atoms with Crippen molar-refractivity contribution in [1.82, 2.24) is 15.1 Å². The minimum atomic E-state index is -0.0463. The molecule has 6 heteroatoms. The summed E-state index contributed by atoms with van der Waals surface area (Å²) in [6.07, 6.45) is 3.67. The summed E-state index contributed by atoms with van der Waals surface area (Å²) in [7, 11) is 0. The van der Waals surface area contributed by atoms with E-state index in [1.807, 2.05) is 11.4 Å².